The molecule has 1 fully saturated rings. The average Bonchev–Trinajstić information content (AvgIpc) is 2.95. The van der Waals surface area contributed by atoms with Crippen LogP contribution in [0.15, 0.2) is 30.3 Å². The number of morpholine rings is 1. The molecule has 5 nitrogen and oxygen atoms in total. The van der Waals surface area contributed by atoms with E-state index in [9.17, 15) is 13.2 Å². The van der Waals surface area contributed by atoms with Crippen molar-refractivity contribution in [2.24, 2.45) is 0 Å². The molecule has 0 spiro atoms. The van der Waals surface area contributed by atoms with E-state index in [0.717, 1.165) is 23.1 Å². The second kappa shape index (κ2) is 6.53. The number of aromatic nitrogens is 3. The Bertz CT molecular complexity index is 991. The minimum atomic E-state index is -4.45. The third-order valence-electron chi connectivity index (χ3n) is 4.89. The first-order chi connectivity index (χ1) is 12.9. The summed E-state index contributed by atoms with van der Waals surface area (Å²) in [4.78, 5) is 6.68. The molecule has 0 aliphatic carbocycles. The molecule has 0 N–H and O–H groups in total. The molecule has 4 rings (SSSR count). The van der Waals surface area contributed by atoms with E-state index in [1.165, 1.54) is 12.1 Å². The van der Waals surface area contributed by atoms with Crippen molar-refractivity contribution in [3.8, 4) is 11.3 Å². The van der Waals surface area contributed by atoms with Crippen LogP contribution in [0.3, 0.4) is 0 Å². The van der Waals surface area contributed by atoms with E-state index < -0.39 is 11.7 Å². The van der Waals surface area contributed by atoms with E-state index in [1.807, 2.05) is 13.8 Å². The number of aryl methyl sites for hydroxylation is 2. The quantitative estimate of drug-likeness (QED) is 0.681. The predicted octanol–water partition coefficient (Wildman–Crippen LogP) is 3.87. The number of fused-ring (bicyclic) bond motifs is 1. The summed E-state index contributed by atoms with van der Waals surface area (Å²) < 4.78 is 47.6. The summed E-state index contributed by atoms with van der Waals surface area (Å²) in [6.45, 7) is 6.19. The fourth-order valence-corrected chi connectivity index (χ4v) is 3.34. The zero-order chi connectivity index (χ0) is 19.2. The number of benzene rings is 1. The van der Waals surface area contributed by atoms with Crippen molar-refractivity contribution in [1.82, 2.24) is 14.6 Å². The van der Waals surface area contributed by atoms with Crippen molar-refractivity contribution in [2.75, 3.05) is 31.2 Å². The minimum absolute atomic E-state index is 0.0622. The molecule has 1 aromatic carbocycles. The summed E-state index contributed by atoms with van der Waals surface area (Å²) in [6, 6.07) is 7.23. The first-order valence-electron chi connectivity index (χ1n) is 8.72. The molecule has 0 atom stereocenters. The molecular formula is C19H19F3N4O. The van der Waals surface area contributed by atoms with Gasteiger partial charge >= 0.3 is 6.18 Å². The predicted molar refractivity (Wildman–Crippen MR) is 95.9 cm³/mol. The lowest BCUT2D eigenvalue weighted by molar-refractivity contribution is -0.137. The second-order valence-electron chi connectivity index (χ2n) is 6.58. The Labute approximate surface area is 154 Å². The molecule has 1 aliphatic rings. The summed E-state index contributed by atoms with van der Waals surface area (Å²) in [5.74, 6) is 0. The van der Waals surface area contributed by atoms with Crippen LogP contribution in [0.1, 0.15) is 17.0 Å². The minimum Gasteiger partial charge on any atom is -0.378 e. The van der Waals surface area contributed by atoms with E-state index >= 15 is 0 Å². The maximum absolute atomic E-state index is 13.5. The van der Waals surface area contributed by atoms with Crippen LogP contribution in [-0.4, -0.2) is 40.9 Å². The first kappa shape index (κ1) is 17.8. The highest BCUT2D eigenvalue weighted by Crippen LogP contribution is 2.38. The van der Waals surface area contributed by atoms with E-state index in [4.69, 9.17) is 4.74 Å². The number of halogens is 3. The maximum atomic E-state index is 13.5. The molecule has 8 heteroatoms. The first-order valence-corrected chi connectivity index (χ1v) is 8.72. The number of hydrogen-bond acceptors (Lipinski definition) is 4. The zero-order valence-electron chi connectivity index (χ0n) is 15.0. The van der Waals surface area contributed by atoms with Crippen LogP contribution < -0.4 is 4.90 Å². The highest BCUT2D eigenvalue weighted by atomic mass is 19.4. The molecule has 1 saturated heterocycles. The molecule has 27 heavy (non-hydrogen) atoms. The van der Waals surface area contributed by atoms with Gasteiger partial charge in [0.1, 0.15) is 0 Å². The largest absolute Gasteiger partial charge is 0.417 e. The van der Waals surface area contributed by atoms with E-state index in [1.54, 1.807) is 16.6 Å². The Hall–Kier alpha value is -2.61. The van der Waals surface area contributed by atoms with Crippen LogP contribution in [0.25, 0.3) is 16.9 Å². The maximum Gasteiger partial charge on any atom is 0.417 e. The van der Waals surface area contributed by atoms with Crippen molar-refractivity contribution >= 4 is 11.3 Å². The summed E-state index contributed by atoms with van der Waals surface area (Å²) >= 11 is 0. The molecular weight excluding hydrogens is 357 g/mol. The van der Waals surface area contributed by atoms with Gasteiger partial charge in [0.2, 0.25) is 0 Å². The van der Waals surface area contributed by atoms with Crippen LogP contribution in [0, 0.1) is 13.8 Å². The Morgan fingerprint density at radius 2 is 1.78 bits per heavy atom. The molecule has 0 bridgehead atoms. The van der Waals surface area contributed by atoms with Gasteiger partial charge in [0, 0.05) is 18.7 Å². The standard InChI is InChI=1S/C19H19F3N4O/c1-12-13(2)26-18(23-12)17(25-7-9-27-10-8-25)11-16(24-26)14-5-3-4-6-15(14)19(20,21)22/h3-6,11H,7-10H2,1-2H3. The molecule has 1 aliphatic heterocycles. The van der Waals surface area contributed by atoms with Gasteiger partial charge in [0.05, 0.1) is 41.5 Å². The number of rotatable bonds is 2. The smallest absolute Gasteiger partial charge is 0.378 e. The topological polar surface area (TPSA) is 42.7 Å². The molecule has 142 valence electrons. The number of alkyl halides is 3. The van der Waals surface area contributed by atoms with E-state index in [-0.39, 0.29) is 11.3 Å². The number of imidazole rings is 1. The van der Waals surface area contributed by atoms with Crippen molar-refractivity contribution in [3.05, 3.63) is 47.3 Å². The SMILES string of the molecule is Cc1nc2c(N3CCOCC3)cc(-c3ccccc3C(F)(F)F)nn2c1C. The van der Waals surface area contributed by atoms with Gasteiger partial charge < -0.3 is 9.64 Å². The summed E-state index contributed by atoms with van der Waals surface area (Å²) in [5, 5.41) is 4.49. The molecule has 0 saturated carbocycles. The third-order valence-corrected chi connectivity index (χ3v) is 4.89. The van der Waals surface area contributed by atoms with Gasteiger partial charge in [0.25, 0.3) is 0 Å². The zero-order valence-corrected chi connectivity index (χ0v) is 15.0. The van der Waals surface area contributed by atoms with Gasteiger partial charge in [-0.25, -0.2) is 9.50 Å². The molecule has 0 amide bonds. The second-order valence-corrected chi connectivity index (χ2v) is 6.58. The normalized spacial score (nSPS) is 15.5. The van der Waals surface area contributed by atoms with Gasteiger partial charge in [-0.2, -0.15) is 18.3 Å². The van der Waals surface area contributed by atoms with E-state index in [0.29, 0.717) is 32.0 Å². The Kier molecular flexibility index (Phi) is 4.30. The van der Waals surface area contributed by atoms with Gasteiger partial charge in [-0.1, -0.05) is 18.2 Å². The van der Waals surface area contributed by atoms with Crippen LogP contribution in [-0.2, 0) is 10.9 Å². The monoisotopic (exact) mass is 376 g/mol. The van der Waals surface area contributed by atoms with Crippen LogP contribution in [0.4, 0.5) is 18.9 Å². The van der Waals surface area contributed by atoms with Crippen LogP contribution in [0.5, 0.6) is 0 Å². The Balaban J connectivity index is 1.96. The Morgan fingerprint density at radius 1 is 1.07 bits per heavy atom. The highest BCUT2D eigenvalue weighted by molar-refractivity contribution is 5.76. The van der Waals surface area contributed by atoms with Crippen molar-refractivity contribution in [1.29, 1.82) is 0 Å². The molecule has 3 heterocycles. The molecule has 0 unspecified atom stereocenters. The van der Waals surface area contributed by atoms with Gasteiger partial charge in [-0.3, -0.25) is 0 Å². The number of anilines is 1. The lowest BCUT2D eigenvalue weighted by Gasteiger charge is -2.29. The summed E-state index contributed by atoms with van der Waals surface area (Å²) in [5.41, 5.74) is 2.68. The fraction of sp³-hybridized carbons (Fsp3) is 0.368. The summed E-state index contributed by atoms with van der Waals surface area (Å²) in [7, 11) is 0. The average molecular weight is 376 g/mol. The highest BCUT2D eigenvalue weighted by Gasteiger charge is 2.34. The Morgan fingerprint density at radius 3 is 2.48 bits per heavy atom. The molecule has 3 aromatic rings. The third kappa shape index (κ3) is 3.14. The number of hydrogen-bond donors (Lipinski definition) is 0. The van der Waals surface area contributed by atoms with Gasteiger partial charge in [0.15, 0.2) is 5.65 Å². The van der Waals surface area contributed by atoms with Crippen molar-refractivity contribution < 1.29 is 17.9 Å². The van der Waals surface area contributed by atoms with E-state index in [2.05, 4.69) is 15.0 Å². The lowest BCUT2D eigenvalue weighted by atomic mass is 10.0. The number of ether oxygens (including phenoxy) is 1. The molecule has 2 aromatic heterocycles. The van der Waals surface area contributed by atoms with Gasteiger partial charge in [-0.05, 0) is 26.0 Å². The van der Waals surface area contributed by atoms with Crippen LogP contribution in [0.2, 0.25) is 0 Å². The van der Waals surface area contributed by atoms with Crippen molar-refractivity contribution in [2.45, 2.75) is 20.0 Å². The lowest BCUT2D eigenvalue weighted by Crippen LogP contribution is -2.36. The summed E-state index contributed by atoms with van der Waals surface area (Å²) in [6.07, 6.45) is -4.45. The van der Waals surface area contributed by atoms with Crippen LogP contribution >= 0.6 is 0 Å². The fourth-order valence-electron chi connectivity index (χ4n) is 3.34. The molecule has 0 radical (unpaired) electrons. The van der Waals surface area contributed by atoms with Gasteiger partial charge in [-0.15, -0.1) is 0 Å². The van der Waals surface area contributed by atoms with Crippen molar-refractivity contribution in [3.63, 3.8) is 0 Å². The number of nitrogens with zero attached hydrogens (tertiary/aromatic N) is 4.